The largest absolute Gasteiger partial charge is 0.455 e. The number of fused-ring (bicyclic) bond motifs is 1. The fraction of sp³-hybridized carbons (Fsp3) is 0.789. The number of allylic oxidation sites excluding steroid dienone is 2. The molecule has 270 valence electrons. The van der Waals surface area contributed by atoms with Gasteiger partial charge in [-0.05, 0) is 64.2 Å². The van der Waals surface area contributed by atoms with Crippen LogP contribution in [-0.4, -0.2) is 96.4 Å². The van der Waals surface area contributed by atoms with Gasteiger partial charge in [-0.15, -0.1) is 13.2 Å². The van der Waals surface area contributed by atoms with Crippen molar-refractivity contribution in [1.82, 2.24) is 9.80 Å². The highest BCUT2D eigenvalue weighted by Crippen LogP contribution is 2.33. The molecule has 0 aromatic heterocycles. The lowest BCUT2D eigenvalue weighted by molar-refractivity contribution is -0.163. The quantitative estimate of drug-likeness (QED) is 0.0759. The van der Waals surface area contributed by atoms with E-state index in [1.807, 2.05) is 12.2 Å². The van der Waals surface area contributed by atoms with E-state index in [9.17, 15) is 19.2 Å². The zero-order chi connectivity index (χ0) is 34.1. The highest BCUT2D eigenvalue weighted by molar-refractivity contribution is 5.86. The van der Waals surface area contributed by atoms with Crippen LogP contribution in [0.1, 0.15) is 128 Å². The van der Waals surface area contributed by atoms with Gasteiger partial charge in [0.1, 0.15) is 24.3 Å². The molecule has 0 aromatic rings. The maximum absolute atomic E-state index is 13.2. The Balaban J connectivity index is 1.15. The van der Waals surface area contributed by atoms with Crippen LogP contribution in [0.2, 0.25) is 0 Å². The molecule has 0 saturated carbocycles. The van der Waals surface area contributed by atoms with Gasteiger partial charge in [0, 0.05) is 25.9 Å². The van der Waals surface area contributed by atoms with Crippen LogP contribution >= 0.6 is 0 Å². The number of rotatable bonds is 22. The van der Waals surface area contributed by atoms with Gasteiger partial charge in [0.15, 0.2) is 12.2 Å². The topological polar surface area (TPSA) is 112 Å². The molecule has 6 atom stereocenters. The van der Waals surface area contributed by atoms with Crippen LogP contribution in [0.3, 0.4) is 0 Å². The first kappa shape index (κ1) is 38.1. The molecule has 4 aliphatic heterocycles. The van der Waals surface area contributed by atoms with Gasteiger partial charge in [0.05, 0.1) is 13.2 Å². The molecule has 10 heteroatoms. The summed E-state index contributed by atoms with van der Waals surface area (Å²) >= 11 is 0. The van der Waals surface area contributed by atoms with Gasteiger partial charge in [-0.1, -0.05) is 63.5 Å². The van der Waals surface area contributed by atoms with Crippen LogP contribution in [-0.2, 0) is 38.1 Å². The van der Waals surface area contributed by atoms with Gasteiger partial charge >= 0.3 is 11.9 Å². The maximum Gasteiger partial charge on any atom is 0.329 e. The van der Waals surface area contributed by atoms with Gasteiger partial charge in [0.2, 0.25) is 11.8 Å². The minimum absolute atomic E-state index is 0.0140. The molecule has 2 amide bonds. The van der Waals surface area contributed by atoms with Crippen molar-refractivity contribution < 1.29 is 38.1 Å². The molecule has 48 heavy (non-hydrogen) atoms. The first-order valence-corrected chi connectivity index (χ1v) is 18.9. The average Bonchev–Trinajstić information content (AvgIpc) is 3.90. The molecule has 6 unspecified atom stereocenters. The maximum atomic E-state index is 13.2. The third-order valence-corrected chi connectivity index (χ3v) is 10.3. The Morgan fingerprint density at radius 2 is 0.958 bits per heavy atom. The number of carbonyl (C=O) groups excluding carboxylic acids is 4. The summed E-state index contributed by atoms with van der Waals surface area (Å²) in [5.41, 5.74) is 0. The second kappa shape index (κ2) is 20.7. The van der Waals surface area contributed by atoms with Crippen molar-refractivity contribution in [3.8, 4) is 0 Å². The Bertz CT molecular complexity index is 983. The lowest BCUT2D eigenvalue weighted by Gasteiger charge is -2.26. The second-order valence-corrected chi connectivity index (χ2v) is 13.9. The van der Waals surface area contributed by atoms with Crippen LogP contribution in [0.4, 0.5) is 0 Å². The SMILES string of the molecule is C=CCCCCCCCCC(=O)N1CCCC1C(=O)OC1COC2C(OC(=O)C3CCCN3C(=O)CCCCCCCCC=C)COC12. The number of ether oxygens (including phenoxy) is 4. The summed E-state index contributed by atoms with van der Waals surface area (Å²) in [4.78, 5) is 55.8. The lowest BCUT2D eigenvalue weighted by atomic mass is 10.1. The summed E-state index contributed by atoms with van der Waals surface area (Å²) in [6, 6.07) is -1.17. The van der Waals surface area contributed by atoms with E-state index in [0.717, 1.165) is 64.2 Å². The summed E-state index contributed by atoms with van der Waals surface area (Å²) in [6.45, 7) is 8.94. The standard InChI is InChI=1S/C38H60N2O8/c1-3-5-7-9-11-13-15-17-23-33(41)39-25-19-21-29(39)37(43)47-31-27-45-36-32(28-46-35(31)36)48-38(44)30-22-20-26-40(30)34(42)24-18-16-14-12-10-8-6-4-2/h3-4,29-32,35-36H,1-2,5-28H2. The number of nitrogens with zero attached hydrogens (tertiary/aromatic N) is 2. The van der Waals surface area contributed by atoms with Crippen LogP contribution in [0, 0.1) is 0 Å². The summed E-state index contributed by atoms with van der Waals surface area (Å²) in [7, 11) is 0. The number of amides is 2. The lowest BCUT2D eigenvalue weighted by Crippen LogP contribution is -2.45. The van der Waals surface area contributed by atoms with Gasteiger partial charge in [-0.25, -0.2) is 9.59 Å². The fourth-order valence-electron chi connectivity index (χ4n) is 7.54. The normalized spacial score (nSPS) is 26.4. The van der Waals surface area contributed by atoms with Gasteiger partial charge in [-0.3, -0.25) is 9.59 Å². The van der Waals surface area contributed by atoms with E-state index in [2.05, 4.69) is 13.2 Å². The second-order valence-electron chi connectivity index (χ2n) is 13.9. The van der Waals surface area contributed by atoms with E-state index in [-0.39, 0.29) is 25.0 Å². The summed E-state index contributed by atoms with van der Waals surface area (Å²) in [6.07, 6.45) is 20.3. The third-order valence-electron chi connectivity index (χ3n) is 10.3. The van der Waals surface area contributed by atoms with E-state index in [1.54, 1.807) is 9.80 Å². The zero-order valence-corrected chi connectivity index (χ0v) is 29.2. The molecule has 0 bridgehead atoms. The summed E-state index contributed by atoms with van der Waals surface area (Å²) in [5.74, 6) is -0.816. The Kier molecular flexibility index (Phi) is 16.4. The van der Waals surface area contributed by atoms with Crippen LogP contribution in [0.15, 0.2) is 25.3 Å². The van der Waals surface area contributed by atoms with E-state index in [0.29, 0.717) is 38.8 Å². The number of hydrogen-bond donors (Lipinski definition) is 0. The molecule has 10 nitrogen and oxygen atoms in total. The Morgan fingerprint density at radius 3 is 1.35 bits per heavy atom. The Hall–Kier alpha value is -2.72. The number of likely N-dealkylation sites (tertiary alicyclic amines) is 2. The zero-order valence-electron chi connectivity index (χ0n) is 29.2. The van der Waals surface area contributed by atoms with Crippen molar-refractivity contribution in [1.29, 1.82) is 0 Å². The fourth-order valence-corrected chi connectivity index (χ4v) is 7.54. The van der Waals surface area contributed by atoms with Crippen LogP contribution < -0.4 is 0 Å². The van der Waals surface area contributed by atoms with Crippen molar-refractivity contribution in [2.45, 2.75) is 165 Å². The molecular formula is C38H60N2O8. The van der Waals surface area contributed by atoms with Crippen molar-refractivity contribution in [3.63, 3.8) is 0 Å². The number of esters is 2. The molecule has 0 spiro atoms. The predicted octanol–water partition coefficient (Wildman–Crippen LogP) is 6.20. The molecule has 0 radical (unpaired) electrons. The monoisotopic (exact) mass is 672 g/mol. The highest BCUT2D eigenvalue weighted by atomic mass is 16.7. The first-order chi connectivity index (χ1) is 23.4. The van der Waals surface area contributed by atoms with E-state index in [1.165, 1.54) is 38.5 Å². The van der Waals surface area contributed by atoms with Crippen LogP contribution in [0.5, 0.6) is 0 Å². The molecule has 0 N–H and O–H groups in total. The minimum Gasteiger partial charge on any atom is -0.455 e. The molecular weight excluding hydrogens is 612 g/mol. The van der Waals surface area contributed by atoms with Crippen LogP contribution in [0.25, 0.3) is 0 Å². The number of carbonyl (C=O) groups is 4. The summed E-state index contributed by atoms with van der Waals surface area (Å²) in [5, 5.41) is 0. The van der Waals surface area contributed by atoms with Crippen molar-refractivity contribution in [2.24, 2.45) is 0 Å². The van der Waals surface area contributed by atoms with Crippen molar-refractivity contribution in [3.05, 3.63) is 25.3 Å². The molecule has 4 rings (SSSR count). The van der Waals surface area contributed by atoms with Gasteiger partial charge < -0.3 is 28.7 Å². The molecule has 4 heterocycles. The summed E-state index contributed by atoms with van der Waals surface area (Å²) < 4.78 is 23.6. The average molecular weight is 673 g/mol. The molecule has 0 aromatic carbocycles. The Morgan fingerprint density at radius 1 is 0.583 bits per heavy atom. The van der Waals surface area contributed by atoms with Gasteiger partial charge in [0.25, 0.3) is 0 Å². The van der Waals surface area contributed by atoms with Gasteiger partial charge in [-0.2, -0.15) is 0 Å². The predicted molar refractivity (Wildman–Crippen MR) is 183 cm³/mol. The van der Waals surface area contributed by atoms with E-state index < -0.39 is 48.4 Å². The van der Waals surface area contributed by atoms with Crippen molar-refractivity contribution in [2.75, 3.05) is 26.3 Å². The van der Waals surface area contributed by atoms with E-state index in [4.69, 9.17) is 18.9 Å². The van der Waals surface area contributed by atoms with Crippen molar-refractivity contribution >= 4 is 23.8 Å². The number of hydrogen-bond acceptors (Lipinski definition) is 8. The molecule has 4 saturated heterocycles. The molecule has 4 aliphatic rings. The first-order valence-electron chi connectivity index (χ1n) is 18.9. The molecule has 0 aliphatic carbocycles. The minimum atomic E-state index is -0.628. The highest BCUT2D eigenvalue weighted by Gasteiger charge is 2.52. The Labute approximate surface area is 287 Å². The molecule has 4 fully saturated rings. The number of unbranched alkanes of at least 4 members (excludes halogenated alkanes) is 12. The smallest absolute Gasteiger partial charge is 0.329 e. The third kappa shape index (κ3) is 11.2. The van der Waals surface area contributed by atoms with E-state index >= 15 is 0 Å².